The molecule has 0 bridgehead atoms. The summed E-state index contributed by atoms with van der Waals surface area (Å²) in [7, 11) is 0. The van der Waals surface area contributed by atoms with E-state index in [0.29, 0.717) is 16.9 Å². The standard InChI is InChI=1S/C18H17ClN4S.C2H6/c19-16-9-14(24-13-7-2-1-3-8-13)10-17(20-16)21-18-11-15(22-23-18)12-5-4-6-12;1-2/h1-3,7-12H,4-6H2,(H2,20,21,22,23);1-2H3. The van der Waals surface area contributed by atoms with Crippen LogP contribution >= 0.6 is 23.4 Å². The molecule has 26 heavy (non-hydrogen) atoms. The largest absolute Gasteiger partial charge is 0.323 e. The Morgan fingerprint density at radius 2 is 1.81 bits per heavy atom. The summed E-state index contributed by atoms with van der Waals surface area (Å²) in [4.78, 5) is 6.55. The van der Waals surface area contributed by atoms with Crippen molar-refractivity contribution in [1.29, 1.82) is 0 Å². The summed E-state index contributed by atoms with van der Waals surface area (Å²) in [5.41, 5.74) is 1.20. The van der Waals surface area contributed by atoms with Crippen molar-refractivity contribution in [2.75, 3.05) is 5.32 Å². The molecular formula is C20H23ClN4S. The second-order valence-electron chi connectivity index (χ2n) is 5.89. The first-order chi connectivity index (χ1) is 12.8. The second kappa shape index (κ2) is 9.10. The molecule has 1 fully saturated rings. The summed E-state index contributed by atoms with van der Waals surface area (Å²) in [6.45, 7) is 4.00. The van der Waals surface area contributed by atoms with Crippen molar-refractivity contribution in [3.8, 4) is 0 Å². The summed E-state index contributed by atoms with van der Waals surface area (Å²) in [5.74, 6) is 2.11. The highest BCUT2D eigenvalue weighted by Gasteiger charge is 2.21. The number of rotatable bonds is 5. The first kappa shape index (κ1) is 18.8. The van der Waals surface area contributed by atoms with Gasteiger partial charge in [-0.3, -0.25) is 5.10 Å². The second-order valence-corrected chi connectivity index (χ2v) is 7.42. The molecule has 0 unspecified atom stereocenters. The fourth-order valence-corrected chi connectivity index (χ4v) is 3.86. The maximum Gasteiger partial charge on any atom is 0.153 e. The van der Waals surface area contributed by atoms with Crippen molar-refractivity contribution >= 4 is 35.0 Å². The van der Waals surface area contributed by atoms with Crippen LogP contribution in [0.2, 0.25) is 5.15 Å². The minimum atomic E-state index is 0.466. The number of pyridine rings is 1. The van der Waals surface area contributed by atoms with E-state index < -0.39 is 0 Å². The van der Waals surface area contributed by atoms with Gasteiger partial charge in [-0.25, -0.2) is 4.98 Å². The van der Waals surface area contributed by atoms with E-state index >= 15 is 0 Å². The maximum absolute atomic E-state index is 6.18. The zero-order valence-electron chi connectivity index (χ0n) is 15.0. The number of aromatic nitrogens is 3. The summed E-state index contributed by atoms with van der Waals surface area (Å²) in [6.07, 6.45) is 3.80. The number of aromatic amines is 1. The first-order valence-electron chi connectivity index (χ1n) is 8.99. The minimum absolute atomic E-state index is 0.466. The normalized spacial score (nSPS) is 13.5. The summed E-state index contributed by atoms with van der Waals surface area (Å²) < 4.78 is 0. The zero-order chi connectivity index (χ0) is 18.4. The van der Waals surface area contributed by atoms with E-state index in [4.69, 9.17) is 11.6 Å². The number of halogens is 1. The van der Waals surface area contributed by atoms with Crippen LogP contribution in [-0.4, -0.2) is 15.2 Å². The Balaban J connectivity index is 0.000000948. The van der Waals surface area contributed by atoms with Crippen molar-refractivity contribution in [1.82, 2.24) is 15.2 Å². The quantitative estimate of drug-likeness (QED) is 0.482. The fourth-order valence-electron chi connectivity index (χ4n) is 2.68. The molecule has 2 aromatic heterocycles. The van der Waals surface area contributed by atoms with Gasteiger partial charge in [0.25, 0.3) is 0 Å². The summed E-state index contributed by atoms with van der Waals surface area (Å²) >= 11 is 7.83. The van der Waals surface area contributed by atoms with E-state index in [0.717, 1.165) is 15.6 Å². The molecule has 1 aliphatic rings. The van der Waals surface area contributed by atoms with Gasteiger partial charge in [-0.05, 0) is 37.1 Å². The lowest BCUT2D eigenvalue weighted by Crippen LogP contribution is -2.08. The maximum atomic E-state index is 6.18. The third-order valence-corrected chi connectivity index (χ3v) is 5.32. The molecular weight excluding hydrogens is 364 g/mol. The van der Waals surface area contributed by atoms with Gasteiger partial charge in [0.05, 0.1) is 0 Å². The fraction of sp³-hybridized carbons (Fsp3) is 0.300. The molecule has 136 valence electrons. The molecule has 2 N–H and O–H groups in total. The molecule has 0 amide bonds. The molecule has 1 aliphatic carbocycles. The molecule has 2 heterocycles. The SMILES string of the molecule is CC.Clc1cc(Sc2ccccc2)cc(Nc2cc(C3CCC3)[nH]n2)n1. The Morgan fingerprint density at radius 3 is 2.50 bits per heavy atom. The van der Waals surface area contributed by atoms with Crippen LogP contribution in [0.5, 0.6) is 0 Å². The predicted molar refractivity (Wildman–Crippen MR) is 110 cm³/mol. The van der Waals surface area contributed by atoms with E-state index in [1.165, 1.54) is 25.0 Å². The van der Waals surface area contributed by atoms with E-state index in [2.05, 4.69) is 38.7 Å². The Hall–Kier alpha value is -1.98. The third-order valence-electron chi connectivity index (χ3n) is 4.15. The molecule has 4 nitrogen and oxygen atoms in total. The van der Waals surface area contributed by atoms with Gasteiger partial charge in [0.15, 0.2) is 5.82 Å². The monoisotopic (exact) mass is 386 g/mol. The number of nitrogens with one attached hydrogen (secondary N) is 2. The number of hydrogen-bond acceptors (Lipinski definition) is 4. The van der Waals surface area contributed by atoms with Crippen molar-refractivity contribution < 1.29 is 0 Å². The van der Waals surface area contributed by atoms with Gasteiger partial charge in [-0.2, -0.15) is 5.10 Å². The van der Waals surface area contributed by atoms with Gasteiger partial charge in [-0.1, -0.05) is 61.8 Å². The summed E-state index contributed by atoms with van der Waals surface area (Å²) in [6, 6.07) is 16.1. The van der Waals surface area contributed by atoms with Gasteiger partial charge in [0, 0.05) is 27.5 Å². The van der Waals surface area contributed by atoms with Crippen LogP contribution in [0.25, 0.3) is 0 Å². The van der Waals surface area contributed by atoms with Crippen LogP contribution in [-0.2, 0) is 0 Å². The molecule has 4 rings (SSSR count). The average molecular weight is 387 g/mol. The van der Waals surface area contributed by atoms with Gasteiger partial charge in [-0.15, -0.1) is 0 Å². The number of nitrogens with zero attached hydrogens (tertiary/aromatic N) is 2. The Morgan fingerprint density at radius 1 is 1.04 bits per heavy atom. The minimum Gasteiger partial charge on any atom is -0.323 e. The van der Waals surface area contributed by atoms with Crippen LogP contribution in [0.4, 0.5) is 11.6 Å². The van der Waals surface area contributed by atoms with Gasteiger partial charge in [0.1, 0.15) is 11.0 Å². The lowest BCUT2D eigenvalue weighted by atomic mass is 9.83. The average Bonchev–Trinajstić information content (AvgIpc) is 3.03. The van der Waals surface area contributed by atoms with Gasteiger partial charge in [0.2, 0.25) is 0 Å². The van der Waals surface area contributed by atoms with E-state index in [1.54, 1.807) is 11.8 Å². The first-order valence-corrected chi connectivity index (χ1v) is 10.2. The molecule has 0 radical (unpaired) electrons. The summed E-state index contributed by atoms with van der Waals surface area (Å²) in [5, 5.41) is 11.2. The molecule has 1 saturated carbocycles. The van der Waals surface area contributed by atoms with Crippen molar-refractivity contribution in [3.63, 3.8) is 0 Å². The van der Waals surface area contributed by atoms with Crippen molar-refractivity contribution in [2.24, 2.45) is 0 Å². The highest BCUT2D eigenvalue weighted by molar-refractivity contribution is 7.99. The van der Waals surface area contributed by atoms with E-state index in [9.17, 15) is 0 Å². The molecule has 0 aliphatic heterocycles. The van der Waals surface area contributed by atoms with Gasteiger partial charge >= 0.3 is 0 Å². The van der Waals surface area contributed by atoms with Crippen LogP contribution < -0.4 is 5.32 Å². The molecule has 0 spiro atoms. The number of anilines is 2. The van der Waals surface area contributed by atoms with Crippen molar-refractivity contribution in [2.45, 2.75) is 48.8 Å². The molecule has 6 heteroatoms. The van der Waals surface area contributed by atoms with Gasteiger partial charge < -0.3 is 5.32 Å². The topological polar surface area (TPSA) is 53.6 Å². The van der Waals surface area contributed by atoms with Crippen LogP contribution in [0.15, 0.2) is 58.3 Å². The Labute approximate surface area is 163 Å². The lowest BCUT2D eigenvalue weighted by molar-refractivity contribution is 0.410. The Bertz CT molecular complexity index is 831. The molecule has 3 aromatic rings. The van der Waals surface area contributed by atoms with E-state index in [-0.39, 0.29) is 0 Å². The van der Waals surface area contributed by atoms with Crippen LogP contribution in [0.3, 0.4) is 0 Å². The van der Waals surface area contributed by atoms with Crippen LogP contribution in [0, 0.1) is 0 Å². The Kier molecular flexibility index (Phi) is 6.58. The lowest BCUT2D eigenvalue weighted by Gasteiger charge is -2.23. The van der Waals surface area contributed by atoms with Crippen LogP contribution in [0.1, 0.15) is 44.7 Å². The number of hydrogen-bond donors (Lipinski definition) is 2. The number of benzene rings is 1. The van der Waals surface area contributed by atoms with Crippen molar-refractivity contribution in [3.05, 3.63) is 59.4 Å². The molecule has 1 aromatic carbocycles. The third kappa shape index (κ3) is 4.80. The smallest absolute Gasteiger partial charge is 0.153 e. The predicted octanol–water partition coefficient (Wildman–Crippen LogP) is 6.65. The highest BCUT2D eigenvalue weighted by Crippen LogP contribution is 2.36. The zero-order valence-corrected chi connectivity index (χ0v) is 16.6. The van der Waals surface area contributed by atoms with E-state index in [1.807, 2.05) is 44.2 Å². The number of H-pyrrole nitrogens is 1. The molecule has 0 atom stereocenters. The molecule has 0 saturated heterocycles. The highest BCUT2D eigenvalue weighted by atomic mass is 35.5.